The second-order valence-electron chi connectivity index (χ2n) is 7.85. The molecule has 27 heavy (non-hydrogen) atoms. The molecule has 1 aliphatic heterocycles. The van der Waals surface area contributed by atoms with Gasteiger partial charge in [0.05, 0.1) is 6.20 Å². The molecule has 3 heterocycles. The van der Waals surface area contributed by atoms with E-state index in [2.05, 4.69) is 66.1 Å². The lowest BCUT2D eigenvalue weighted by molar-refractivity contribution is 0.0968. The van der Waals surface area contributed by atoms with Crippen LogP contribution in [0.3, 0.4) is 0 Å². The molecule has 1 aromatic carbocycles. The van der Waals surface area contributed by atoms with E-state index in [0.717, 1.165) is 49.3 Å². The van der Waals surface area contributed by atoms with Crippen LogP contribution in [0.15, 0.2) is 42.7 Å². The number of nitrogens with zero attached hydrogens (tertiary/aromatic N) is 4. The maximum atomic E-state index is 6.14. The molecule has 1 fully saturated rings. The maximum Gasteiger partial charge on any atom is 0.157 e. The zero-order valence-electron chi connectivity index (χ0n) is 16.4. The first-order valence-corrected chi connectivity index (χ1v) is 9.86. The lowest BCUT2D eigenvalue weighted by atomic mass is 10.1. The van der Waals surface area contributed by atoms with Gasteiger partial charge >= 0.3 is 0 Å². The average Bonchev–Trinajstić information content (AvgIpc) is 3.09. The van der Waals surface area contributed by atoms with Crippen molar-refractivity contribution in [3.05, 3.63) is 53.9 Å². The number of fused-ring (bicyclic) bond motifs is 1. The number of aromatic nitrogens is 3. The van der Waals surface area contributed by atoms with E-state index in [4.69, 9.17) is 4.74 Å². The molecule has 2 aromatic heterocycles. The average molecular weight is 364 g/mol. The molecule has 0 N–H and O–H groups in total. The van der Waals surface area contributed by atoms with Gasteiger partial charge in [-0.1, -0.05) is 17.7 Å². The number of hydrogen-bond acceptors (Lipinski definition) is 4. The van der Waals surface area contributed by atoms with Crippen LogP contribution in [0.4, 0.5) is 0 Å². The van der Waals surface area contributed by atoms with Gasteiger partial charge in [0.2, 0.25) is 0 Å². The second kappa shape index (κ2) is 7.69. The number of aryl methyl sites for hydroxylation is 1. The SMILES string of the molecule is Cc1ccc(OC2CCN(Cc3cnc4c(cnn4C(C)C)c3)CC2)cc1. The minimum absolute atomic E-state index is 0.314. The van der Waals surface area contributed by atoms with Crippen molar-refractivity contribution in [3.8, 4) is 5.75 Å². The van der Waals surface area contributed by atoms with Gasteiger partial charge in [-0.25, -0.2) is 9.67 Å². The molecule has 142 valence electrons. The number of benzene rings is 1. The Labute approximate surface area is 161 Å². The van der Waals surface area contributed by atoms with Gasteiger partial charge in [0, 0.05) is 37.3 Å². The summed E-state index contributed by atoms with van der Waals surface area (Å²) in [5.41, 5.74) is 3.49. The molecule has 4 rings (SSSR count). The summed E-state index contributed by atoms with van der Waals surface area (Å²) in [5.74, 6) is 0.982. The summed E-state index contributed by atoms with van der Waals surface area (Å²) in [7, 11) is 0. The molecular weight excluding hydrogens is 336 g/mol. The van der Waals surface area contributed by atoms with E-state index < -0.39 is 0 Å². The fourth-order valence-corrected chi connectivity index (χ4v) is 3.70. The molecule has 0 unspecified atom stereocenters. The number of hydrogen-bond donors (Lipinski definition) is 0. The highest BCUT2D eigenvalue weighted by atomic mass is 16.5. The summed E-state index contributed by atoms with van der Waals surface area (Å²) in [6.07, 6.45) is 6.36. The van der Waals surface area contributed by atoms with E-state index in [1.54, 1.807) is 0 Å². The molecule has 0 aliphatic carbocycles. The summed E-state index contributed by atoms with van der Waals surface area (Å²) in [4.78, 5) is 7.15. The van der Waals surface area contributed by atoms with Gasteiger partial charge in [-0.15, -0.1) is 0 Å². The normalized spacial score (nSPS) is 16.3. The molecule has 5 heteroatoms. The summed E-state index contributed by atoms with van der Waals surface area (Å²) >= 11 is 0. The molecule has 1 saturated heterocycles. The fourth-order valence-electron chi connectivity index (χ4n) is 3.70. The maximum absolute atomic E-state index is 6.14. The molecular formula is C22H28N4O. The van der Waals surface area contributed by atoms with E-state index >= 15 is 0 Å². The largest absolute Gasteiger partial charge is 0.490 e. The lowest BCUT2D eigenvalue weighted by Gasteiger charge is -2.32. The van der Waals surface area contributed by atoms with Crippen molar-refractivity contribution in [3.63, 3.8) is 0 Å². The molecule has 0 saturated carbocycles. The second-order valence-corrected chi connectivity index (χ2v) is 7.85. The van der Waals surface area contributed by atoms with Crippen molar-refractivity contribution in [2.75, 3.05) is 13.1 Å². The number of pyridine rings is 1. The molecule has 0 spiro atoms. The van der Waals surface area contributed by atoms with Gasteiger partial charge in [0.1, 0.15) is 11.9 Å². The van der Waals surface area contributed by atoms with Gasteiger partial charge in [-0.3, -0.25) is 4.90 Å². The van der Waals surface area contributed by atoms with Crippen molar-refractivity contribution in [1.82, 2.24) is 19.7 Å². The van der Waals surface area contributed by atoms with Gasteiger partial charge in [-0.2, -0.15) is 5.10 Å². The van der Waals surface area contributed by atoms with Crippen molar-refractivity contribution in [1.29, 1.82) is 0 Å². The highest BCUT2D eigenvalue weighted by molar-refractivity contribution is 5.75. The predicted molar refractivity (Wildman–Crippen MR) is 108 cm³/mol. The molecule has 0 bridgehead atoms. The highest BCUT2D eigenvalue weighted by Crippen LogP contribution is 2.22. The number of piperidine rings is 1. The quantitative estimate of drug-likeness (QED) is 0.674. The van der Waals surface area contributed by atoms with Gasteiger partial charge in [-0.05, 0) is 57.4 Å². The smallest absolute Gasteiger partial charge is 0.157 e. The monoisotopic (exact) mass is 364 g/mol. The first kappa shape index (κ1) is 18.0. The Bertz CT molecular complexity index is 892. The Hall–Kier alpha value is -2.40. The summed E-state index contributed by atoms with van der Waals surface area (Å²) in [6, 6.07) is 10.9. The van der Waals surface area contributed by atoms with Gasteiger partial charge < -0.3 is 4.74 Å². The Morgan fingerprint density at radius 1 is 1.11 bits per heavy atom. The summed E-state index contributed by atoms with van der Waals surface area (Å²) < 4.78 is 8.12. The van der Waals surface area contributed by atoms with E-state index in [-0.39, 0.29) is 0 Å². The summed E-state index contributed by atoms with van der Waals surface area (Å²) in [6.45, 7) is 9.41. The van der Waals surface area contributed by atoms with Crippen LogP contribution >= 0.6 is 0 Å². The van der Waals surface area contributed by atoms with Crippen LogP contribution in [0.25, 0.3) is 11.0 Å². The van der Waals surface area contributed by atoms with E-state index in [9.17, 15) is 0 Å². The predicted octanol–water partition coefficient (Wildman–Crippen LogP) is 4.36. The van der Waals surface area contributed by atoms with Crippen LogP contribution in [0, 0.1) is 6.92 Å². The minimum Gasteiger partial charge on any atom is -0.490 e. The van der Waals surface area contributed by atoms with Crippen LogP contribution < -0.4 is 4.74 Å². The molecule has 3 aromatic rings. The van der Waals surface area contributed by atoms with Crippen molar-refractivity contribution in [2.24, 2.45) is 0 Å². The molecule has 5 nitrogen and oxygen atoms in total. The third-order valence-electron chi connectivity index (χ3n) is 5.24. The fraction of sp³-hybridized carbons (Fsp3) is 0.455. The first-order chi connectivity index (χ1) is 13.1. The van der Waals surface area contributed by atoms with Gasteiger partial charge in [0.25, 0.3) is 0 Å². The van der Waals surface area contributed by atoms with Crippen LogP contribution in [-0.2, 0) is 6.54 Å². The lowest BCUT2D eigenvalue weighted by Crippen LogP contribution is -2.37. The number of ether oxygens (including phenoxy) is 1. The van der Waals surface area contributed by atoms with Crippen LogP contribution in [-0.4, -0.2) is 38.9 Å². The first-order valence-electron chi connectivity index (χ1n) is 9.86. The van der Waals surface area contributed by atoms with Crippen molar-refractivity contribution < 1.29 is 4.74 Å². The topological polar surface area (TPSA) is 43.2 Å². The van der Waals surface area contributed by atoms with Crippen molar-refractivity contribution in [2.45, 2.75) is 52.3 Å². The van der Waals surface area contributed by atoms with Gasteiger partial charge in [0.15, 0.2) is 5.65 Å². The zero-order chi connectivity index (χ0) is 18.8. The van der Waals surface area contributed by atoms with Crippen molar-refractivity contribution >= 4 is 11.0 Å². The zero-order valence-corrected chi connectivity index (χ0v) is 16.4. The Morgan fingerprint density at radius 3 is 2.56 bits per heavy atom. The Balaban J connectivity index is 1.33. The molecule has 0 radical (unpaired) electrons. The highest BCUT2D eigenvalue weighted by Gasteiger charge is 2.21. The third-order valence-corrected chi connectivity index (χ3v) is 5.24. The standard InChI is InChI=1S/C22H28N4O/c1-16(2)26-22-19(14-24-26)12-18(13-23-22)15-25-10-8-21(9-11-25)27-20-6-4-17(3)5-7-20/h4-7,12-14,16,21H,8-11,15H2,1-3H3. The molecule has 0 amide bonds. The minimum atomic E-state index is 0.314. The number of likely N-dealkylation sites (tertiary alicyclic amines) is 1. The van der Waals surface area contributed by atoms with Crippen LogP contribution in [0.2, 0.25) is 0 Å². The molecule has 1 aliphatic rings. The Morgan fingerprint density at radius 2 is 1.85 bits per heavy atom. The van der Waals surface area contributed by atoms with E-state index in [0.29, 0.717) is 12.1 Å². The third kappa shape index (κ3) is 4.14. The molecule has 0 atom stereocenters. The van der Waals surface area contributed by atoms with E-state index in [1.807, 2.05) is 17.1 Å². The summed E-state index contributed by atoms with van der Waals surface area (Å²) in [5, 5.41) is 5.59. The van der Waals surface area contributed by atoms with E-state index in [1.165, 1.54) is 11.1 Å². The Kier molecular flexibility index (Phi) is 5.12. The van der Waals surface area contributed by atoms with Crippen LogP contribution in [0.1, 0.15) is 43.9 Å². The van der Waals surface area contributed by atoms with Crippen LogP contribution in [0.5, 0.6) is 5.75 Å². The number of rotatable bonds is 5.